The Morgan fingerprint density at radius 3 is 2.58 bits per heavy atom. The molecule has 172 valence electrons. The standard InChI is InChI=1S/C25H24Cl3N3O2/c26-25(27,28)24(29-22(32)12-18-7-3-6-17-5-1-2-8-20(17)18)30-13-16-11-19(15-30)21-9-4-10-23(33)31(21)14-16/h1-10,16,19,24H,11-15H2,(H,29,32)/t16-,19-,24?/m1/s1. The van der Waals surface area contributed by atoms with Gasteiger partial charge in [0.25, 0.3) is 5.56 Å². The Morgan fingerprint density at radius 2 is 1.76 bits per heavy atom. The first-order chi connectivity index (χ1) is 15.8. The van der Waals surface area contributed by atoms with Crippen LogP contribution in [0.25, 0.3) is 10.8 Å². The van der Waals surface area contributed by atoms with Crippen molar-refractivity contribution in [3.05, 3.63) is 82.3 Å². The third kappa shape index (κ3) is 4.65. The van der Waals surface area contributed by atoms with Crippen LogP contribution in [0.5, 0.6) is 0 Å². The summed E-state index contributed by atoms with van der Waals surface area (Å²) in [6.45, 7) is 1.88. The molecule has 3 heterocycles. The lowest BCUT2D eigenvalue weighted by Crippen LogP contribution is -2.60. The lowest BCUT2D eigenvalue weighted by molar-refractivity contribution is -0.122. The van der Waals surface area contributed by atoms with E-state index >= 15 is 0 Å². The molecule has 5 nitrogen and oxygen atoms in total. The van der Waals surface area contributed by atoms with Gasteiger partial charge in [0, 0.05) is 37.3 Å². The molecule has 0 aliphatic carbocycles. The molecule has 1 amide bonds. The van der Waals surface area contributed by atoms with Gasteiger partial charge in [0.2, 0.25) is 9.70 Å². The Balaban J connectivity index is 1.36. The van der Waals surface area contributed by atoms with E-state index in [2.05, 4.69) is 5.32 Å². The molecule has 0 spiro atoms. The molecule has 8 heteroatoms. The number of amides is 1. The smallest absolute Gasteiger partial charge is 0.250 e. The van der Waals surface area contributed by atoms with Crippen LogP contribution in [0, 0.1) is 5.92 Å². The van der Waals surface area contributed by atoms with Crippen molar-refractivity contribution in [1.82, 2.24) is 14.8 Å². The van der Waals surface area contributed by atoms with E-state index in [1.54, 1.807) is 12.1 Å². The Hall–Kier alpha value is -2.05. The topological polar surface area (TPSA) is 54.3 Å². The van der Waals surface area contributed by atoms with Gasteiger partial charge in [-0.25, -0.2) is 0 Å². The fourth-order valence-corrected chi connectivity index (χ4v) is 5.93. The minimum Gasteiger partial charge on any atom is -0.336 e. The maximum Gasteiger partial charge on any atom is 0.250 e. The molecule has 0 radical (unpaired) electrons. The number of hydrogen-bond donors (Lipinski definition) is 1. The Kier molecular flexibility index (Phi) is 6.17. The zero-order valence-corrected chi connectivity index (χ0v) is 20.2. The third-order valence-electron chi connectivity index (χ3n) is 6.71. The van der Waals surface area contributed by atoms with Gasteiger partial charge in [-0.1, -0.05) is 83.3 Å². The summed E-state index contributed by atoms with van der Waals surface area (Å²) in [5, 5.41) is 5.11. The van der Waals surface area contributed by atoms with Crippen molar-refractivity contribution >= 4 is 51.5 Å². The Bertz CT molecular complexity index is 1250. The van der Waals surface area contributed by atoms with Crippen LogP contribution in [-0.2, 0) is 17.8 Å². The number of piperidine rings is 1. The number of halogens is 3. The first kappa shape index (κ1) is 22.7. The number of alkyl halides is 3. The molecule has 1 saturated heterocycles. The van der Waals surface area contributed by atoms with E-state index in [-0.39, 0.29) is 29.7 Å². The molecule has 33 heavy (non-hydrogen) atoms. The van der Waals surface area contributed by atoms with Gasteiger partial charge in [0.1, 0.15) is 6.17 Å². The van der Waals surface area contributed by atoms with Crippen molar-refractivity contribution in [2.45, 2.75) is 35.3 Å². The van der Waals surface area contributed by atoms with Crippen molar-refractivity contribution in [2.75, 3.05) is 13.1 Å². The van der Waals surface area contributed by atoms with Crippen LogP contribution >= 0.6 is 34.8 Å². The van der Waals surface area contributed by atoms with Gasteiger partial charge >= 0.3 is 0 Å². The highest BCUT2D eigenvalue weighted by molar-refractivity contribution is 6.68. The number of pyridine rings is 1. The van der Waals surface area contributed by atoms with E-state index < -0.39 is 9.96 Å². The summed E-state index contributed by atoms with van der Waals surface area (Å²) in [6, 6.07) is 19.3. The van der Waals surface area contributed by atoms with Gasteiger partial charge in [-0.2, -0.15) is 0 Å². The highest BCUT2D eigenvalue weighted by Gasteiger charge is 2.44. The van der Waals surface area contributed by atoms with Gasteiger partial charge in [-0.05, 0) is 34.7 Å². The van der Waals surface area contributed by atoms with E-state index in [0.29, 0.717) is 19.6 Å². The maximum atomic E-state index is 13.1. The Morgan fingerprint density at radius 1 is 1.00 bits per heavy atom. The minimum absolute atomic E-state index is 0.0250. The van der Waals surface area contributed by atoms with Gasteiger partial charge in [-0.15, -0.1) is 0 Å². The summed E-state index contributed by atoms with van der Waals surface area (Å²) < 4.78 is 0.163. The molecule has 1 unspecified atom stereocenters. The predicted molar refractivity (Wildman–Crippen MR) is 133 cm³/mol. The molecule has 2 aliphatic heterocycles. The lowest BCUT2D eigenvalue weighted by atomic mass is 9.83. The first-order valence-electron chi connectivity index (χ1n) is 11.1. The number of nitrogens with one attached hydrogen (secondary N) is 1. The number of rotatable bonds is 4. The molecule has 2 bridgehead atoms. The fourth-order valence-electron chi connectivity index (χ4n) is 5.35. The highest BCUT2D eigenvalue weighted by Crippen LogP contribution is 2.40. The number of likely N-dealkylation sites (tertiary alicyclic amines) is 1. The molecule has 2 aromatic carbocycles. The van der Waals surface area contributed by atoms with Crippen molar-refractivity contribution in [3.63, 3.8) is 0 Å². The number of aromatic nitrogens is 1. The van der Waals surface area contributed by atoms with Gasteiger partial charge in [-0.3, -0.25) is 14.5 Å². The molecule has 3 aromatic rings. The summed E-state index contributed by atoms with van der Waals surface area (Å²) in [7, 11) is 0. The summed E-state index contributed by atoms with van der Waals surface area (Å²) in [5.41, 5.74) is 1.96. The molecular weight excluding hydrogens is 481 g/mol. The van der Waals surface area contributed by atoms with Crippen LogP contribution in [-0.4, -0.2) is 38.4 Å². The van der Waals surface area contributed by atoms with Crippen LogP contribution in [0.3, 0.4) is 0 Å². The minimum atomic E-state index is -1.70. The average Bonchev–Trinajstić information content (AvgIpc) is 2.78. The normalized spacial score (nSPS) is 21.4. The molecule has 2 aliphatic rings. The third-order valence-corrected chi connectivity index (χ3v) is 7.33. The van der Waals surface area contributed by atoms with Crippen molar-refractivity contribution in [3.8, 4) is 0 Å². The highest BCUT2D eigenvalue weighted by atomic mass is 35.6. The first-order valence-corrected chi connectivity index (χ1v) is 12.2. The average molecular weight is 505 g/mol. The zero-order chi connectivity index (χ0) is 23.2. The van der Waals surface area contributed by atoms with Crippen LogP contribution in [0.1, 0.15) is 23.6 Å². The van der Waals surface area contributed by atoms with Gasteiger partial charge < -0.3 is 9.88 Å². The van der Waals surface area contributed by atoms with Gasteiger partial charge in [0.05, 0.1) is 6.42 Å². The van der Waals surface area contributed by atoms with Crippen LogP contribution in [0.15, 0.2) is 65.5 Å². The molecule has 0 saturated carbocycles. The molecule has 5 rings (SSSR count). The number of benzene rings is 2. The fraction of sp³-hybridized carbons (Fsp3) is 0.360. The molecule has 1 aromatic heterocycles. The van der Waals surface area contributed by atoms with E-state index in [0.717, 1.165) is 28.5 Å². The van der Waals surface area contributed by atoms with Crippen molar-refractivity contribution in [1.29, 1.82) is 0 Å². The lowest BCUT2D eigenvalue weighted by Gasteiger charge is -2.47. The number of nitrogens with zero attached hydrogens (tertiary/aromatic N) is 2. The zero-order valence-electron chi connectivity index (χ0n) is 17.9. The van der Waals surface area contributed by atoms with Crippen molar-refractivity contribution in [2.24, 2.45) is 5.92 Å². The second kappa shape index (κ2) is 8.95. The summed E-state index contributed by atoms with van der Waals surface area (Å²) in [4.78, 5) is 27.4. The largest absolute Gasteiger partial charge is 0.336 e. The molecule has 1 fully saturated rings. The molecular formula is C25H24Cl3N3O2. The predicted octanol–water partition coefficient (Wildman–Crippen LogP) is 4.48. The summed E-state index contributed by atoms with van der Waals surface area (Å²) in [6.07, 6.45) is 0.408. The SMILES string of the molecule is O=C(Cc1cccc2ccccc12)NC(N1C[C@H]2C[C@H](C1)c1cccc(=O)n1C2)C(Cl)(Cl)Cl. The second-order valence-corrected chi connectivity index (χ2v) is 11.3. The van der Waals surface area contributed by atoms with E-state index in [1.165, 1.54) is 0 Å². The number of carbonyl (C=O) groups is 1. The Labute approximate surface area is 207 Å². The van der Waals surface area contributed by atoms with Crippen LogP contribution in [0.4, 0.5) is 0 Å². The van der Waals surface area contributed by atoms with Crippen LogP contribution < -0.4 is 10.9 Å². The monoisotopic (exact) mass is 503 g/mol. The van der Waals surface area contributed by atoms with E-state index in [4.69, 9.17) is 34.8 Å². The number of fused-ring (bicyclic) bond motifs is 5. The molecule has 1 N–H and O–H groups in total. The quantitative estimate of drug-likeness (QED) is 0.533. The maximum absolute atomic E-state index is 13.1. The van der Waals surface area contributed by atoms with E-state index in [9.17, 15) is 9.59 Å². The summed E-state index contributed by atoms with van der Waals surface area (Å²) in [5.74, 6) is 0.201. The second-order valence-electron chi connectivity index (χ2n) is 8.98. The summed E-state index contributed by atoms with van der Waals surface area (Å²) >= 11 is 19.1. The van der Waals surface area contributed by atoms with Gasteiger partial charge in [0.15, 0.2) is 0 Å². The number of hydrogen-bond acceptors (Lipinski definition) is 3. The number of carbonyl (C=O) groups excluding carboxylic acids is 1. The van der Waals surface area contributed by atoms with Crippen LogP contribution in [0.2, 0.25) is 0 Å². The van der Waals surface area contributed by atoms with Crippen molar-refractivity contribution < 1.29 is 4.79 Å². The molecule has 3 atom stereocenters. The van der Waals surface area contributed by atoms with E-state index in [1.807, 2.05) is 58.0 Å².